The molecule has 0 bridgehead atoms. The van der Waals surface area contributed by atoms with Crippen molar-refractivity contribution in [2.24, 2.45) is 11.5 Å². The van der Waals surface area contributed by atoms with E-state index < -0.39 is 0 Å². The van der Waals surface area contributed by atoms with Crippen molar-refractivity contribution in [1.29, 1.82) is 0 Å². The third kappa shape index (κ3) is 4.73. The topological polar surface area (TPSA) is 52.0 Å². The molecule has 0 radical (unpaired) electrons. The standard InChI is InChI=1S/C10H24N2/c1-3-5-7-10(12,9-11)8-6-4-2/h3-9,11-12H2,1-2H3. The summed E-state index contributed by atoms with van der Waals surface area (Å²) in [6.45, 7) is 5.01. The minimum Gasteiger partial charge on any atom is -0.329 e. The summed E-state index contributed by atoms with van der Waals surface area (Å²) in [5, 5.41) is 0. The highest BCUT2D eigenvalue weighted by Crippen LogP contribution is 2.17. The summed E-state index contributed by atoms with van der Waals surface area (Å²) in [4.78, 5) is 0. The Kier molecular flexibility index (Phi) is 6.39. The van der Waals surface area contributed by atoms with E-state index in [9.17, 15) is 0 Å². The lowest BCUT2D eigenvalue weighted by Crippen LogP contribution is -2.46. The molecule has 2 nitrogen and oxygen atoms in total. The molecule has 0 heterocycles. The van der Waals surface area contributed by atoms with Crippen molar-refractivity contribution in [3.63, 3.8) is 0 Å². The monoisotopic (exact) mass is 172 g/mol. The summed E-state index contributed by atoms with van der Waals surface area (Å²) in [7, 11) is 0. The van der Waals surface area contributed by atoms with Gasteiger partial charge in [-0.2, -0.15) is 0 Å². The number of rotatable bonds is 7. The molecule has 0 aliphatic rings. The third-order valence-corrected chi connectivity index (χ3v) is 2.46. The summed E-state index contributed by atoms with van der Waals surface area (Å²) in [5.74, 6) is 0. The Labute approximate surface area is 76.7 Å². The second-order valence-electron chi connectivity index (χ2n) is 3.77. The van der Waals surface area contributed by atoms with E-state index in [-0.39, 0.29) is 5.54 Å². The molecular formula is C10H24N2. The Morgan fingerprint density at radius 1 is 1.00 bits per heavy atom. The van der Waals surface area contributed by atoms with Crippen LogP contribution in [-0.2, 0) is 0 Å². The van der Waals surface area contributed by atoms with Crippen LogP contribution >= 0.6 is 0 Å². The molecule has 0 saturated heterocycles. The second-order valence-corrected chi connectivity index (χ2v) is 3.77. The van der Waals surface area contributed by atoms with Crippen LogP contribution in [0.3, 0.4) is 0 Å². The molecule has 0 saturated carbocycles. The van der Waals surface area contributed by atoms with E-state index >= 15 is 0 Å². The van der Waals surface area contributed by atoms with Gasteiger partial charge in [-0.15, -0.1) is 0 Å². The maximum atomic E-state index is 6.14. The molecule has 0 aliphatic heterocycles. The lowest BCUT2D eigenvalue weighted by molar-refractivity contribution is 0.352. The van der Waals surface area contributed by atoms with Crippen LogP contribution in [0.15, 0.2) is 0 Å². The molecule has 0 unspecified atom stereocenters. The minimum atomic E-state index is -0.0774. The first-order valence-corrected chi connectivity index (χ1v) is 5.17. The predicted octanol–water partition coefficient (Wildman–Crippen LogP) is 2.02. The molecular weight excluding hydrogens is 148 g/mol. The molecule has 12 heavy (non-hydrogen) atoms. The number of hydrogen-bond acceptors (Lipinski definition) is 2. The Bertz CT molecular complexity index is 94.0. The quantitative estimate of drug-likeness (QED) is 0.617. The average molecular weight is 172 g/mol. The lowest BCUT2D eigenvalue weighted by atomic mass is 9.88. The van der Waals surface area contributed by atoms with Crippen molar-refractivity contribution in [1.82, 2.24) is 0 Å². The zero-order valence-electron chi connectivity index (χ0n) is 8.60. The summed E-state index contributed by atoms with van der Waals surface area (Å²) >= 11 is 0. The van der Waals surface area contributed by atoms with Gasteiger partial charge in [0.2, 0.25) is 0 Å². The van der Waals surface area contributed by atoms with Crippen LogP contribution in [0, 0.1) is 0 Å². The summed E-state index contributed by atoms with van der Waals surface area (Å²) in [6.07, 6.45) is 7.00. The average Bonchev–Trinajstić information content (AvgIpc) is 2.11. The Morgan fingerprint density at radius 2 is 1.42 bits per heavy atom. The molecule has 0 rings (SSSR count). The molecule has 0 spiro atoms. The fourth-order valence-corrected chi connectivity index (χ4v) is 1.39. The van der Waals surface area contributed by atoms with Crippen molar-refractivity contribution < 1.29 is 0 Å². The Hall–Kier alpha value is -0.0800. The van der Waals surface area contributed by atoms with E-state index in [1.54, 1.807) is 0 Å². The first-order chi connectivity index (χ1) is 5.68. The van der Waals surface area contributed by atoms with Gasteiger partial charge in [0.1, 0.15) is 0 Å². The van der Waals surface area contributed by atoms with Crippen LogP contribution in [-0.4, -0.2) is 12.1 Å². The molecule has 4 N–H and O–H groups in total. The molecule has 0 amide bonds. The number of hydrogen-bond donors (Lipinski definition) is 2. The largest absolute Gasteiger partial charge is 0.329 e. The van der Waals surface area contributed by atoms with Crippen molar-refractivity contribution in [3.8, 4) is 0 Å². The van der Waals surface area contributed by atoms with Crippen molar-refractivity contribution in [2.75, 3.05) is 6.54 Å². The van der Waals surface area contributed by atoms with Gasteiger partial charge in [0, 0.05) is 12.1 Å². The van der Waals surface area contributed by atoms with E-state index in [0.717, 1.165) is 12.8 Å². The first-order valence-electron chi connectivity index (χ1n) is 5.17. The van der Waals surface area contributed by atoms with Gasteiger partial charge in [-0.05, 0) is 12.8 Å². The molecule has 0 aromatic carbocycles. The van der Waals surface area contributed by atoms with E-state index in [4.69, 9.17) is 11.5 Å². The summed E-state index contributed by atoms with van der Waals surface area (Å²) in [6, 6.07) is 0. The highest BCUT2D eigenvalue weighted by Gasteiger charge is 2.20. The summed E-state index contributed by atoms with van der Waals surface area (Å²) < 4.78 is 0. The normalized spacial score (nSPS) is 12.0. The lowest BCUT2D eigenvalue weighted by Gasteiger charge is -2.27. The molecule has 2 heteroatoms. The van der Waals surface area contributed by atoms with Gasteiger partial charge >= 0.3 is 0 Å². The van der Waals surface area contributed by atoms with E-state index in [2.05, 4.69) is 13.8 Å². The number of unbranched alkanes of at least 4 members (excludes halogenated alkanes) is 2. The fourth-order valence-electron chi connectivity index (χ4n) is 1.39. The van der Waals surface area contributed by atoms with Gasteiger partial charge in [-0.25, -0.2) is 0 Å². The Balaban J connectivity index is 3.70. The SMILES string of the molecule is CCCCC(N)(CN)CCCC. The van der Waals surface area contributed by atoms with Gasteiger partial charge < -0.3 is 11.5 Å². The van der Waals surface area contributed by atoms with Crippen LogP contribution in [0.5, 0.6) is 0 Å². The van der Waals surface area contributed by atoms with E-state index in [0.29, 0.717) is 6.54 Å². The van der Waals surface area contributed by atoms with Gasteiger partial charge in [0.05, 0.1) is 0 Å². The van der Waals surface area contributed by atoms with Gasteiger partial charge in [-0.3, -0.25) is 0 Å². The van der Waals surface area contributed by atoms with Crippen molar-refractivity contribution in [2.45, 2.75) is 57.9 Å². The summed E-state index contributed by atoms with van der Waals surface area (Å²) in [5.41, 5.74) is 11.7. The maximum Gasteiger partial charge on any atom is 0.0278 e. The van der Waals surface area contributed by atoms with Crippen LogP contribution in [0.25, 0.3) is 0 Å². The molecule has 0 atom stereocenters. The van der Waals surface area contributed by atoms with Crippen molar-refractivity contribution >= 4 is 0 Å². The van der Waals surface area contributed by atoms with Crippen LogP contribution in [0.1, 0.15) is 52.4 Å². The smallest absolute Gasteiger partial charge is 0.0278 e. The van der Waals surface area contributed by atoms with E-state index in [1.807, 2.05) is 0 Å². The van der Waals surface area contributed by atoms with Crippen LogP contribution in [0.4, 0.5) is 0 Å². The zero-order valence-corrected chi connectivity index (χ0v) is 8.60. The van der Waals surface area contributed by atoms with Gasteiger partial charge in [0.25, 0.3) is 0 Å². The molecule has 0 aromatic heterocycles. The van der Waals surface area contributed by atoms with Crippen LogP contribution in [0.2, 0.25) is 0 Å². The van der Waals surface area contributed by atoms with E-state index in [1.165, 1.54) is 25.7 Å². The molecule has 0 fully saturated rings. The predicted molar refractivity (Wildman–Crippen MR) is 55.0 cm³/mol. The highest BCUT2D eigenvalue weighted by molar-refractivity contribution is 4.84. The molecule has 0 aromatic rings. The molecule has 74 valence electrons. The second kappa shape index (κ2) is 6.44. The number of nitrogens with two attached hydrogens (primary N) is 2. The van der Waals surface area contributed by atoms with Gasteiger partial charge in [-0.1, -0.05) is 39.5 Å². The molecule has 0 aliphatic carbocycles. The third-order valence-electron chi connectivity index (χ3n) is 2.46. The van der Waals surface area contributed by atoms with Crippen LogP contribution < -0.4 is 11.5 Å². The van der Waals surface area contributed by atoms with Crippen molar-refractivity contribution in [3.05, 3.63) is 0 Å². The minimum absolute atomic E-state index is 0.0774. The highest BCUT2D eigenvalue weighted by atomic mass is 14.8. The maximum absolute atomic E-state index is 6.14. The Morgan fingerprint density at radius 3 is 1.67 bits per heavy atom. The first kappa shape index (κ1) is 11.9. The zero-order chi connectivity index (χ0) is 9.45. The fraction of sp³-hybridized carbons (Fsp3) is 1.00. The van der Waals surface area contributed by atoms with Gasteiger partial charge in [0.15, 0.2) is 0 Å².